The first-order valence-corrected chi connectivity index (χ1v) is 8.04. The largest absolute Gasteiger partial charge is 0.296 e. The molecule has 3 aromatic heterocycles. The van der Waals surface area contributed by atoms with E-state index in [-0.39, 0.29) is 5.91 Å². The summed E-state index contributed by atoms with van der Waals surface area (Å²) in [5.74, 6) is -0.258. The van der Waals surface area contributed by atoms with Gasteiger partial charge in [0.25, 0.3) is 5.91 Å². The molecule has 7 nitrogen and oxygen atoms in total. The second-order valence-electron chi connectivity index (χ2n) is 5.42. The van der Waals surface area contributed by atoms with Gasteiger partial charge >= 0.3 is 0 Å². The summed E-state index contributed by atoms with van der Waals surface area (Å²) in [6.07, 6.45) is 1.77. The number of nitrogens with zero attached hydrogens (tertiary/aromatic N) is 5. The number of nitrogens with one attached hydrogen (secondary N) is 1. The molecule has 3 aromatic rings. The molecule has 0 spiro atoms. The number of amides is 1. The van der Waals surface area contributed by atoms with Gasteiger partial charge in [0, 0.05) is 16.8 Å². The second kappa shape index (κ2) is 5.96. The number of aromatic nitrogens is 5. The summed E-state index contributed by atoms with van der Waals surface area (Å²) in [6.45, 7) is 8.31. The highest BCUT2D eigenvalue weighted by molar-refractivity contribution is 7.15. The van der Waals surface area contributed by atoms with Gasteiger partial charge in [-0.25, -0.2) is 9.67 Å². The number of carbonyl (C=O) groups excluding carboxylic acids is 1. The molecule has 8 heteroatoms. The van der Waals surface area contributed by atoms with Gasteiger partial charge in [0.1, 0.15) is 6.67 Å². The Morgan fingerprint density at radius 3 is 2.65 bits per heavy atom. The van der Waals surface area contributed by atoms with Crippen LogP contribution in [0.3, 0.4) is 0 Å². The fraction of sp³-hybridized carbons (Fsp3) is 0.333. The monoisotopic (exact) mass is 330 g/mol. The summed E-state index contributed by atoms with van der Waals surface area (Å²) < 4.78 is 3.53. The molecule has 23 heavy (non-hydrogen) atoms. The van der Waals surface area contributed by atoms with Gasteiger partial charge in [-0.15, -0.1) is 11.3 Å². The van der Waals surface area contributed by atoms with E-state index in [0.717, 1.165) is 22.0 Å². The van der Waals surface area contributed by atoms with E-state index in [2.05, 4.69) is 20.5 Å². The lowest BCUT2D eigenvalue weighted by atomic mass is 10.4. The maximum atomic E-state index is 12.2. The van der Waals surface area contributed by atoms with E-state index in [0.29, 0.717) is 17.5 Å². The molecule has 0 atom stereocenters. The maximum Gasteiger partial charge on any atom is 0.277 e. The van der Waals surface area contributed by atoms with E-state index in [4.69, 9.17) is 0 Å². The number of hydrogen-bond donors (Lipinski definition) is 1. The zero-order valence-corrected chi connectivity index (χ0v) is 14.3. The van der Waals surface area contributed by atoms with E-state index in [1.807, 2.05) is 38.4 Å². The van der Waals surface area contributed by atoms with Crippen LogP contribution in [0.25, 0.3) is 0 Å². The summed E-state index contributed by atoms with van der Waals surface area (Å²) in [4.78, 5) is 17.6. The predicted octanol–water partition coefficient (Wildman–Crippen LogP) is 2.53. The number of thiazole rings is 1. The van der Waals surface area contributed by atoms with E-state index in [9.17, 15) is 4.79 Å². The molecular formula is C15H18N6OS. The minimum atomic E-state index is -0.258. The van der Waals surface area contributed by atoms with Crippen LogP contribution in [0, 0.1) is 27.7 Å². The fourth-order valence-electron chi connectivity index (χ4n) is 2.20. The van der Waals surface area contributed by atoms with Crippen molar-refractivity contribution >= 4 is 22.4 Å². The highest BCUT2D eigenvalue weighted by atomic mass is 32.1. The summed E-state index contributed by atoms with van der Waals surface area (Å²) in [6, 6.07) is 3.69. The SMILES string of the molecule is Cc1cc(C)n(Cn2ccc(C(=O)Nc3nc(C)c(C)s3)n2)n1. The first-order valence-electron chi connectivity index (χ1n) is 7.22. The average Bonchev–Trinajstić information content (AvgIpc) is 3.13. The topological polar surface area (TPSA) is 77.6 Å². The van der Waals surface area contributed by atoms with Gasteiger partial charge in [0.05, 0.1) is 11.4 Å². The second-order valence-corrected chi connectivity index (χ2v) is 6.63. The lowest BCUT2D eigenvalue weighted by Gasteiger charge is -2.04. The molecule has 0 aliphatic heterocycles. The van der Waals surface area contributed by atoms with Crippen LogP contribution < -0.4 is 5.32 Å². The molecule has 0 bridgehead atoms. The number of carbonyl (C=O) groups is 1. The average molecular weight is 330 g/mol. The first-order chi connectivity index (χ1) is 10.9. The zero-order valence-electron chi connectivity index (χ0n) is 13.5. The van der Waals surface area contributed by atoms with Gasteiger partial charge in [-0.3, -0.25) is 14.8 Å². The zero-order chi connectivity index (χ0) is 16.6. The molecule has 0 fully saturated rings. The Morgan fingerprint density at radius 1 is 1.26 bits per heavy atom. The van der Waals surface area contributed by atoms with Crippen molar-refractivity contribution in [3.05, 3.63) is 46.0 Å². The van der Waals surface area contributed by atoms with Crippen molar-refractivity contribution in [2.45, 2.75) is 34.4 Å². The molecule has 0 saturated heterocycles. The van der Waals surface area contributed by atoms with Gasteiger partial charge in [0.2, 0.25) is 0 Å². The van der Waals surface area contributed by atoms with Crippen LogP contribution in [-0.2, 0) is 6.67 Å². The fourth-order valence-corrected chi connectivity index (χ4v) is 3.01. The van der Waals surface area contributed by atoms with Crippen molar-refractivity contribution < 1.29 is 4.79 Å². The molecule has 1 N–H and O–H groups in total. The Hall–Kier alpha value is -2.48. The Balaban J connectivity index is 1.71. The molecule has 1 amide bonds. The van der Waals surface area contributed by atoms with Crippen molar-refractivity contribution in [2.24, 2.45) is 0 Å². The number of aryl methyl sites for hydroxylation is 4. The first kappa shape index (κ1) is 15.4. The van der Waals surface area contributed by atoms with Crippen LogP contribution in [0.1, 0.15) is 32.4 Å². The molecule has 0 aliphatic rings. The molecule has 0 radical (unpaired) electrons. The summed E-state index contributed by atoms with van der Waals surface area (Å²) >= 11 is 1.46. The van der Waals surface area contributed by atoms with Gasteiger partial charge in [-0.1, -0.05) is 0 Å². The maximum absolute atomic E-state index is 12.2. The van der Waals surface area contributed by atoms with Crippen molar-refractivity contribution in [2.75, 3.05) is 5.32 Å². The summed E-state index contributed by atoms with van der Waals surface area (Å²) in [7, 11) is 0. The van der Waals surface area contributed by atoms with Crippen LogP contribution in [0.2, 0.25) is 0 Å². The molecule has 0 saturated carbocycles. The third kappa shape index (κ3) is 3.31. The molecule has 120 valence electrons. The lowest BCUT2D eigenvalue weighted by Crippen LogP contribution is -2.15. The minimum Gasteiger partial charge on any atom is -0.296 e. The Labute approximate surface area is 138 Å². The van der Waals surface area contributed by atoms with Gasteiger partial charge in [-0.05, 0) is 39.8 Å². The summed E-state index contributed by atoms with van der Waals surface area (Å²) in [5.41, 5.74) is 3.30. The van der Waals surface area contributed by atoms with Crippen molar-refractivity contribution in [3.8, 4) is 0 Å². The lowest BCUT2D eigenvalue weighted by molar-refractivity contribution is 0.102. The molecule has 3 rings (SSSR count). The Kier molecular flexibility index (Phi) is 3.99. The van der Waals surface area contributed by atoms with Crippen molar-refractivity contribution in [1.29, 1.82) is 0 Å². The highest BCUT2D eigenvalue weighted by Crippen LogP contribution is 2.21. The number of rotatable bonds is 4. The van der Waals surface area contributed by atoms with Gasteiger partial charge in [-0.2, -0.15) is 10.2 Å². The Morgan fingerprint density at radius 2 is 2.04 bits per heavy atom. The number of hydrogen-bond acceptors (Lipinski definition) is 5. The standard InChI is InChI=1S/C15H18N6OS/c1-9-7-10(2)21(18-9)8-20-6-5-13(19-20)14(22)17-15-16-11(3)12(4)23-15/h5-7H,8H2,1-4H3,(H,16,17,22). The Bertz CT molecular complexity index is 840. The third-order valence-electron chi connectivity index (χ3n) is 3.50. The highest BCUT2D eigenvalue weighted by Gasteiger charge is 2.13. The van der Waals surface area contributed by atoms with Gasteiger partial charge < -0.3 is 0 Å². The smallest absolute Gasteiger partial charge is 0.277 e. The van der Waals surface area contributed by atoms with Crippen LogP contribution in [0.15, 0.2) is 18.3 Å². The third-order valence-corrected chi connectivity index (χ3v) is 4.49. The molecule has 0 unspecified atom stereocenters. The van der Waals surface area contributed by atoms with E-state index < -0.39 is 0 Å². The normalized spacial score (nSPS) is 11.0. The van der Waals surface area contributed by atoms with Crippen LogP contribution in [0.4, 0.5) is 5.13 Å². The van der Waals surface area contributed by atoms with Gasteiger partial charge in [0.15, 0.2) is 10.8 Å². The molecule has 0 aromatic carbocycles. The van der Waals surface area contributed by atoms with E-state index >= 15 is 0 Å². The quantitative estimate of drug-likeness (QED) is 0.797. The molecule has 0 aliphatic carbocycles. The predicted molar refractivity (Wildman–Crippen MR) is 88.9 cm³/mol. The van der Waals surface area contributed by atoms with E-state index in [1.165, 1.54) is 11.3 Å². The van der Waals surface area contributed by atoms with Crippen LogP contribution in [-0.4, -0.2) is 30.5 Å². The number of anilines is 1. The molecular weight excluding hydrogens is 312 g/mol. The van der Waals surface area contributed by atoms with Crippen LogP contribution >= 0.6 is 11.3 Å². The van der Waals surface area contributed by atoms with Crippen molar-refractivity contribution in [1.82, 2.24) is 24.5 Å². The van der Waals surface area contributed by atoms with Crippen LogP contribution in [0.5, 0.6) is 0 Å². The van der Waals surface area contributed by atoms with E-state index in [1.54, 1.807) is 16.9 Å². The van der Waals surface area contributed by atoms with Crippen molar-refractivity contribution in [3.63, 3.8) is 0 Å². The summed E-state index contributed by atoms with van der Waals surface area (Å²) in [5, 5.41) is 12.1. The minimum absolute atomic E-state index is 0.258. The molecule has 3 heterocycles.